The molecule has 1 aromatic carbocycles. The zero-order valence-electron chi connectivity index (χ0n) is 9.90. The number of benzene rings is 1. The minimum absolute atomic E-state index is 0.219. The molecule has 4 heteroatoms. The molecule has 92 valence electrons. The number of anilines is 1. The molecule has 0 spiro atoms. The third-order valence-corrected chi connectivity index (χ3v) is 3.05. The van der Waals surface area contributed by atoms with Crippen molar-refractivity contribution in [3.63, 3.8) is 0 Å². The van der Waals surface area contributed by atoms with Gasteiger partial charge < -0.3 is 15.2 Å². The average Bonchev–Trinajstić information content (AvgIpc) is 2.30. The minimum atomic E-state index is -0.980. The van der Waals surface area contributed by atoms with Crippen LogP contribution in [0, 0.1) is 6.92 Å². The van der Waals surface area contributed by atoms with E-state index in [-0.39, 0.29) is 6.61 Å². The Morgan fingerprint density at radius 2 is 2.35 bits per heavy atom. The van der Waals surface area contributed by atoms with Gasteiger partial charge in [-0.2, -0.15) is 0 Å². The lowest BCUT2D eigenvalue weighted by atomic mass is 9.92. The number of aryl methyl sites for hydroxylation is 1. The third kappa shape index (κ3) is 2.58. The maximum absolute atomic E-state index is 11.4. The van der Waals surface area contributed by atoms with Crippen LogP contribution in [0.25, 0.3) is 0 Å². The number of hydrogen-bond acceptors (Lipinski definition) is 3. The zero-order chi connectivity index (χ0) is 12.3. The van der Waals surface area contributed by atoms with Gasteiger partial charge in [0.25, 0.3) is 0 Å². The van der Waals surface area contributed by atoms with Gasteiger partial charge in [-0.05, 0) is 37.5 Å². The molecule has 0 amide bonds. The van der Waals surface area contributed by atoms with Gasteiger partial charge in [0, 0.05) is 12.3 Å². The quantitative estimate of drug-likeness (QED) is 0.841. The summed E-state index contributed by atoms with van der Waals surface area (Å²) in [6.07, 6.45) is 1.36. The molecule has 1 unspecified atom stereocenters. The number of hydrogen-bond donors (Lipinski definition) is 2. The highest BCUT2D eigenvalue weighted by Crippen LogP contribution is 2.25. The second-order valence-corrected chi connectivity index (χ2v) is 4.54. The number of carboxylic acids is 1. The second kappa shape index (κ2) is 4.75. The van der Waals surface area contributed by atoms with Crippen molar-refractivity contribution in [3.8, 4) is 0 Å². The van der Waals surface area contributed by atoms with Crippen molar-refractivity contribution in [2.75, 3.05) is 18.5 Å². The smallest absolute Gasteiger partial charge is 0.331 e. The predicted molar refractivity (Wildman–Crippen MR) is 65.2 cm³/mol. The monoisotopic (exact) mass is 235 g/mol. The van der Waals surface area contributed by atoms with Crippen molar-refractivity contribution in [2.45, 2.75) is 25.3 Å². The summed E-state index contributed by atoms with van der Waals surface area (Å²) in [6, 6.07) is 7.72. The van der Waals surface area contributed by atoms with Crippen LogP contribution in [0.1, 0.15) is 18.4 Å². The zero-order valence-corrected chi connectivity index (χ0v) is 9.90. The van der Waals surface area contributed by atoms with Crippen LogP contribution in [0.15, 0.2) is 24.3 Å². The number of ether oxygens (including phenoxy) is 1. The molecule has 0 radical (unpaired) electrons. The van der Waals surface area contributed by atoms with E-state index in [0.29, 0.717) is 13.0 Å². The van der Waals surface area contributed by atoms with Gasteiger partial charge in [0.1, 0.15) is 0 Å². The van der Waals surface area contributed by atoms with Crippen LogP contribution in [-0.2, 0) is 9.53 Å². The Bertz CT molecular complexity index is 411. The van der Waals surface area contributed by atoms with Gasteiger partial charge in [-0.25, -0.2) is 4.79 Å². The summed E-state index contributed by atoms with van der Waals surface area (Å²) in [4.78, 5) is 11.4. The fourth-order valence-electron chi connectivity index (χ4n) is 2.11. The van der Waals surface area contributed by atoms with Gasteiger partial charge in [-0.3, -0.25) is 0 Å². The molecule has 2 rings (SSSR count). The summed E-state index contributed by atoms with van der Waals surface area (Å²) in [5, 5.41) is 12.5. The van der Waals surface area contributed by atoms with Crippen LogP contribution in [0.2, 0.25) is 0 Å². The first-order valence-corrected chi connectivity index (χ1v) is 5.78. The molecule has 0 saturated carbocycles. The van der Waals surface area contributed by atoms with Crippen LogP contribution < -0.4 is 5.32 Å². The van der Waals surface area contributed by atoms with Crippen LogP contribution in [0.5, 0.6) is 0 Å². The molecule has 4 nitrogen and oxygen atoms in total. The van der Waals surface area contributed by atoms with Crippen LogP contribution in [0.3, 0.4) is 0 Å². The molecule has 0 aliphatic carbocycles. The molecule has 0 bridgehead atoms. The van der Waals surface area contributed by atoms with E-state index >= 15 is 0 Å². The Kier molecular flexibility index (Phi) is 3.33. The number of rotatable bonds is 3. The minimum Gasteiger partial charge on any atom is -0.479 e. The average molecular weight is 235 g/mol. The lowest BCUT2D eigenvalue weighted by Gasteiger charge is -2.34. The van der Waals surface area contributed by atoms with Crippen molar-refractivity contribution in [1.29, 1.82) is 0 Å². The van der Waals surface area contributed by atoms with E-state index in [1.165, 1.54) is 0 Å². The first kappa shape index (κ1) is 11.9. The number of aliphatic carboxylic acids is 1. The van der Waals surface area contributed by atoms with E-state index in [2.05, 4.69) is 5.32 Å². The van der Waals surface area contributed by atoms with Crippen molar-refractivity contribution >= 4 is 11.7 Å². The Morgan fingerprint density at radius 1 is 1.53 bits per heavy atom. The summed E-state index contributed by atoms with van der Waals surface area (Å²) in [5.74, 6) is -0.848. The van der Waals surface area contributed by atoms with Crippen LogP contribution in [-0.4, -0.2) is 29.8 Å². The van der Waals surface area contributed by atoms with Crippen LogP contribution in [0.4, 0.5) is 5.69 Å². The van der Waals surface area contributed by atoms with Gasteiger partial charge in [-0.1, -0.05) is 12.1 Å². The lowest BCUT2D eigenvalue weighted by molar-refractivity contribution is -0.146. The van der Waals surface area contributed by atoms with E-state index in [0.717, 1.165) is 17.7 Å². The van der Waals surface area contributed by atoms with Crippen LogP contribution >= 0.6 is 0 Å². The van der Waals surface area contributed by atoms with Crippen molar-refractivity contribution in [2.24, 2.45) is 0 Å². The molecular formula is C13H17NO3. The van der Waals surface area contributed by atoms with E-state index in [9.17, 15) is 9.90 Å². The summed E-state index contributed by atoms with van der Waals surface area (Å²) < 4.78 is 5.31. The van der Waals surface area contributed by atoms with Gasteiger partial charge in [0.15, 0.2) is 5.54 Å². The van der Waals surface area contributed by atoms with Gasteiger partial charge >= 0.3 is 5.97 Å². The molecule has 1 saturated heterocycles. The SMILES string of the molecule is Cc1cccc(NC2(C(=O)O)CCCOC2)c1. The van der Waals surface area contributed by atoms with Gasteiger partial charge in [0.2, 0.25) is 0 Å². The lowest BCUT2D eigenvalue weighted by Crippen LogP contribution is -2.52. The second-order valence-electron chi connectivity index (χ2n) is 4.54. The summed E-state index contributed by atoms with van der Waals surface area (Å²) in [6.45, 7) is 2.84. The molecule has 1 aromatic rings. The molecule has 17 heavy (non-hydrogen) atoms. The van der Waals surface area contributed by atoms with Crippen molar-refractivity contribution < 1.29 is 14.6 Å². The molecular weight excluding hydrogens is 218 g/mol. The Morgan fingerprint density at radius 3 is 2.94 bits per heavy atom. The summed E-state index contributed by atoms with van der Waals surface area (Å²) in [5.41, 5.74) is 0.955. The molecule has 1 heterocycles. The third-order valence-electron chi connectivity index (χ3n) is 3.05. The van der Waals surface area contributed by atoms with E-state index in [4.69, 9.17) is 4.74 Å². The normalized spacial score (nSPS) is 24.3. The summed E-state index contributed by atoms with van der Waals surface area (Å²) >= 11 is 0. The molecule has 1 fully saturated rings. The highest BCUT2D eigenvalue weighted by atomic mass is 16.5. The van der Waals surface area contributed by atoms with Gasteiger partial charge in [0.05, 0.1) is 6.61 Å². The standard InChI is InChI=1S/C13H17NO3/c1-10-4-2-5-11(8-10)14-13(12(15)16)6-3-7-17-9-13/h2,4-5,8,14H,3,6-7,9H2,1H3,(H,15,16). The largest absolute Gasteiger partial charge is 0.479 e. The molecule has 1 aliphatic heterocycles. The number of nitrogens with one attached hydrogen (secondary N) is 1. The highest BCUT2D eigenvalue weighted by Gasteiger charge is 2.40. The first-order valence-electron chi connectivity index (χ1n) is 5.78. The summed E-state index contributed by atoms with van der Waals surface area (Å²) in [7, 11) is 0. The topological polar surface area (TPSA) is 58.6 Å². The fourth-order valence-corrected chi connectivity index (χ4v) is 2.11. The fraction of sp³-hybridized carbons (Fsp3) is 0.462. The van der Waals surface area contributed by atoms with E-state index in [1.54, 1.807) is 0 Å². The van der Waals surface area contributed by atoms with Gasteiger partial charge in [-0.15, -0.1) is 0 Å². The van der Waals surface area contributed by atoms with E-state index in [1.807, 2.05) is 31.2 Å². The first-order chi connectivity index (χ1) is 8.12. The Hall–Kier alpha value is -1.55. The molecule has 1 aliphatic rings. The van der Waals surface area contributed by atoms with Crippen molar-refractivity contribution in [1.82, 2.24) is 0 Å². The number of carboxylic acid groups (broad SMARTS) is 1. The molecule has 1 atom stereocenters. The highest BCUT2D eigenvalue weighted by molar-refractivity contribution is 5.83. The number of carbonyl (C=O) groups is 1. The Labute approximate surface area is 101 Å². The van der Waals surface area contributed by atoms with E-state index < -0.39 is 11.5 Å². The predicted octanol–water partition coefficient (Wildman–Crippen LogP) is 2.04. The van der Waals surface area contributed by atoms with Crippen molar-refractivity contribution in [3.05, 3.63) is 29.8 Å². The molecule has 0 aromatic heterocycles. The maximum Gasteiger partial charge on any atom is 0.331 e. The molecule has 2 N–H and O–H groups in total. The Balaban J connectivity index is 2.20. The maximum atomic E-state index is 11.4.